The number of fused-ring (bicyclic) bond motifs is 2. The summed E-state index contributed by atoms with van der Waals surface area (Å²) in [6.07, 6.45) is 4.67. The molecule has 0 atom stereocenters. The molecule has 3 aromatic rings. The van der Waals surface area contributed by atoms with Crippen molar-refractivity contribution in [2.45, 2.75) is 31.2 Å². The predicted molar refractivity (Wildman–Crippen MR) is 145 cm³/mol. The Balaban J connectivity index is 1.63. The Bertz CT molecular complexity index is 1540. The maximum Gasteiger partial charge on any atom is 0.265 e. The fraction of sp³-hybridized carbons (Fsp3) is 0.292. The zero-order chi connectivity index (χ0) is 25.9. The van der Waals surface area contributed by atoms with Crippen molar-refractivity contribution in [2.75, 3.05) is 23.0 Å². The molecule has 2 heterocycles. The first-order chi connectivity index (χ1) is 17.0. The van der Waals surface area contributed by atoms with Crippen molar-refractivity contribution in [3.63, 3.8) is 0 Å². The van der Waals surface area contributed by atoms with Crippen LogP contribution >= 0.6 is 23.1 Å². The van der Waals surface area contributed by atoms with Gasteiger partial charge in [-0.05, 0) is 43.2 Å². The molecule has 12 heteroatoms. The molecule has 0 saturated carbocycles. The Kier molecular flexibility index (Phi) is 8.22. The van der Waals surface area contributed by atoms with Crippen molar-refractivity contribution in [1.29, 1.82) is 0 Å². The fourth-order valence-electron chi connectivity index (χ4n) is 4.02. The molecule has 0 aliphatic carbocycles. The zero-order valence-corrected chi connectivity index (χ0v) is 22.8. The molecule has 0 amide bonds. The van der Waals surface area contributed by atoms with Crippen LogP contribution in [0.3, 0.4) is 0 Å². The molecule has 1 aromatic heterocycles. The number of rotatable bonds is 10. The van der Waals surface area contributed by atoms with Gasteiger partial charge in [-0.25, -0.2) is 0 Å². The van der Waals surface area contributed by atoms with Crippen molar-refractivity contribution in [3.8, 4) is 0 Å². The Morgan fingerprint density at radius 3 is 2.39 bits per heavy atom. The number of hydrogen-bond acceptors (Lipinski definition) is 7. The van der Waals surface area contributed by atoms with Gasteiger partial charge >= 0.3 is 0 Å². The van der Waals surface area contributed by atoms with E-state index < -0.39 is 20.2 Å². The summed E-state index contributed by atoms with van der Waals surface area (Å²) in [7, 11) is -8.06. The maximum absolute atomic E-state index is 11.2. The van der Waals surface area contributed by atoms with E-state index in [1.807, 2.05) is 67.6 Å². The van der Waals surface area contributed by atoms with Gasteiger partial charge in [0.1, 0.15) is 4.70 Å². The number of allylic oxidation sites excluding steroid dienone is 2. The summed E-state index contributed by atoms with van der Waals surface area (Å²) in [5.41, 5.74) is 2.97. The molecule has 0 fully saturated rings. The lowest BCUT2D eigenvalue weighted by Gasteiger charge is -2.20. The Labute approximate surface area is 219 Å². The average Bonchev–Trinajstić information content (AvgIpc) is 3.30. The number of anilines is 1. The van der Waals surface area contributed by atoms with Crippen molar-refractivity contribution >= 4 is 65.3 Å². The molecule has 0 spiro atoms. The monoisotopic (exact) mass is 567 g/mol. The van der Waals surface area contributed by atoms with Crippen LogP contribution in [0.5, 0.6) is 0 Å². The van der Waals surface area contributed by atoms with Gasteiger partial charge in [0.15, 0.2) is 6.54 Å². The van der Waals surface area contributed by atoms with E-state index in [0.29, 0.717) is 13.1 Å². The third-order valence-electron chi connectivity index (χ3n) is 5.54. The average molecular weight is 568 g/mol. The molecule has 36 heavy (non-hydrogen) atoms. The van der Waals surface area contributed by atoms with E-state index >= 15 is 0 Å². The molecule has 0 unspecified atom stereocenters. The number of aryl methyl sites for hydroxylation is 1. The summed E-state index contributed by atoms with van der Waals surface area (Å²) >= 11 is 3.21. The second kappa shape index (κ2) is 11.0. The Morgan fingerprint density at radius 2 is 1.64 bits per heavy atom. The van der Waals surface area contributed by atoms with Gasteiger partial charge in [0.2, 0.25) is 5.52 Å². The quantitative estimate of drug-likeness (QED) is 0.270. The van der Waals surface area contributed by atoms with Crippen LogP contribution in [0.4, 0.5) is 5.69 Å². The number of para-hydroxylation sites is 2. The van der Waals surface area contributed by atoms with Crippen LogP contribution in [0.15, 0.2) is 70.1 Å². The van der Waals surface area contributed by atoms with Crippen LogP contribution in [-0.2, 0) is 26.8 Å². The van der Waals surface area contributed by atoms with Crippen molar-refractivity contribution in [1.82, 2.24) is 0 Å². The third kappa shape index (κ3) is 6.96. The number of thioether (sulfide) groups is 1. The smallest absolute Gasteiger partial charge is 0.265 e. The van der Waals surface area contributed by atoms with Gasteiger partial charge in [0, 0.05) is 30.0 Å². The largest absolute Gasteiger partial charge is 0.335 e. The molecule has 8 nitrogen and oxygen atoms in total. The van der Waals surface area contributed by atoms with Crippen LogP contribution in [-0.4, -0.2) is 44.0 Å². The molecular weight excluding hydrogens is 541 g/mol. The summed E-state index contributed by atoms with van der Waals surface area (Å²) in [6, 6.07) is 15.8. The highest BCUT2D eigenvalue weighted by Gasteiger charge is 2.25. The van der Waals surface area contributed by atoms with Gasteiger partial charge < -0.3 is 4.90 Å². The number of aromatic nitrogens is 1. The normalized spacial score (nSPS) is 15.7. The maximum atomic E-state index is 11.2. The summed E-state index contributed by atoms with van der Waals surface area (Å²) in [6.45, 7) is 2.88. The minimum atomic E-state index is -4.03. The molecule has 192 valence electrons. The number of nitrogens with zero attached hydrogens (tertiary/aromatic N) is 2. The Hall–Kier alpha value is -2.22. The van der Waals surface area contributed by atoms with Gasteiger partial charge in [-0.1, -0.05) is 47.4 Å². The first kappa shape index (κ1) is 26.8. The van der Waals surface area contributed by atoms with Gasteiger partial charge in [-0.3, -0.25) is 9.11 Å². The van der Waals surface area contributed by atoms with E-state index in [0.717, 1.165) is 36.4 Å². The fourth-order valence-corrected chi connectivity index (χ4v) is 7.41. The topological polar surface area (TPSA) is 116 Å². The van der Waals surface area contributed by atoms with Crippen LogP contribution < -0.4 is 9.47 Å². The minimum absolute atomic E-state index is 0.290. The van der Waals surface area contributed by atoms with Crippen LogP contribution in [0, 0.1) is 0 Å². The highest BCUT2D eigenvalue weighted by Crippen LogP contribution is 2.46. The van der Waals surface area contributed by atoms with Gasteiger partial charge in [-0.15, -0.1) is 0 Å². The van der Waals surface area contributed by atoms with E-state index in [4.69, 9.17) is 9.11 Å². The molecule has 1 aliphatic heterocycles. The van der Waals surface area contributed by atoms with E-state index in [9.17, 15) is 16.8 Å². The highest BCUT2D eigenvalue weighted by atomic mass is 32.2. The second-order valence-electron chi connectivity index (χ2n) is 8.43. The highest BCUT2D eigenvalue weighted by molar-refractivity contribution is 8.03. The summed E-state index contributed by atoms with van der Waals surface area (Å²) in [4.78, 5) is 3.14. The standard InChI is InChI=1S/C24H26N2O6S4/c1-18(16-23-25(12-6-14-35(27,28)29)19-8-2-4-10-21(19)33-23)17-24-26(13-7-15-36(30,31)32)20-9-3-5-11-22(20)34-24/h2-5,8-11,16-17H,6-7,12-15H2,1H3,(H-,27,28,29,30,31,32)/p+1. The van der Waals surface area contributed by atoms with Crippen LogP contribution in [0.25, 0.3) is 16.3 Å². The van der Waals surface area contributed by atoms with Crippen molar-refractivity contribution in [3.05, 3.63) is 70.2 Å². The van der Waals surface area contributed by atoms with Crippen molar-refractivity contribution in [2.24, 2.45) is 0 Å². The van der Waals surface area contributed by atoms with Crippen LogP contribution in [0.1, 0.15) is 24.8 Å². The predicted octanol–water partition coefficient (Wildman–Crippen LogP) is 4.60. The lowest BCUT2D eigenvalue weighted by atomic mass is 10.2. The lowest BCUT2D eigenvalue weighted by molar-refractivity contribution is -0.668. The third-order valence-corrected chi connectivity index (χ3v) is 9.38. The molecule has 0 radical (unpaired) electrons. The Morgan fingerprint density at radius 1 is 0.972 bits per heavy atom. The van der Waals surface area contributed by atoms with Gasteiger partial charge in [-0.2, -0.15) is 21.4 Å². The van der Waals surface area contributed by atoms with E-state index in [1.165, 1.54) is 0 Å². The van der Waals surface area contributed by atoms with E-state index in [2.05, 4.69) is 9.47 Å². The molecule has 2 N–H and O–H groups in total. The lowest BCUT2D eigenvalue weighted by Crippen LogP contribution is -2.36. The summed E-state index contributed by atoms with van der Waals surface area (Å²) in [5.74, 6) is -0.604. The number of benzene rings is 2. The first-order valence-electron chi connectivity index (χ1n) is 11.3. The SMILES string of the molecule is CC(=Cc1sc2ccccc2[n+]1CCCS(=O)(=O)O)C=C1Sc2ccccc2N1CCCS(=O)(=O)O. The second-order valence-corrected chi connectivity index (χ2v) is 13.7. The molecule has 2 aromatic carbocycles. The van der Waals surface area contributed by atoms with E-state index in [1.54, 1.807) is 23.1 Å². The zero-order valence-electron chi connectivity index (χ0n) is 19.6. The van der Waals surface area contributed by atoms with Crippen molar-refractivity contribution < 1.29 is 30.5 Å². The molecule has 1 aliphatic rings. The molecule has 0 saturated heterocycles. The van der Waals surface area contributed by atoms with Gasteiger partial charge in [0.25, 0.3) is 25.2 Å². The van der Waals surface area contributed by atoms with Gasteiger partial charge in [0.05, 0.1) is 22.2 Å². The molecule has 4 rings (SSSR count). The minimum Gasteiger partial charge on any atom is -0.335 e. The summed E-state index contributed by atoms with van der Waals surface area (Å²) in [5, 5.41) is 1.92. The van der Waals surface area contributed by atoms with E-state index in [-0.39, 0.29) is 24.3 Å². The first-order valence-corrected chi connectivity index (χ1v) is 16.1. The number of hydrogen-bond donors (Lipinski definition) is 2. The molecule has 0 bridgehead atoms. The summed E-state index contributed by atoms with van der Waals surface area (Å²) < 4.78 is 66.2. The number of thiazole rings is 1. The van der Waals surface area contributed by atoms with Crippen LogP contribution in [0.2, 0.25) is 0 Å². The molecular formula is C24H27N2O6S4+.